The van der Waals surface area contributed by atoms with Crippen molar-refractivity contribution >= 4 is 5.91 Å². The molecule has 1 saturated carbocycles. The molecule has 0 aromatic heterocycles. The molecule has 0 spiro atoms. The van der Waals surface area contributed by atoms with Crippen molar-refractivity contribution in [2.45, 2.75) is 50.2 Å². The third-order valence-electron chi connectivity index (χ3n) is 4.41. The van der Waals surface area contributed by atoms with Gasteiger partial charge in [-0.2, -0.15) is 5.26 Å². The number of carbonyl (C=O) groups excluding carboxylic acids is 1. The predicted molar refractivity (Wildman–Crippen MR) is 78.9 cm³/mol. The number of nitriles is 1. The molecule has 1 amide bonds. The summed E-state index contributed by atoms with van der Waals surface area (Å²) >= 11 is 0. The average Bonchev–Trinajstić information content (AvgIpc) is 3.19. The molecule has 2 aliphatic rings. The van der Waals surface area contributed by atoms with Crippen LogP contribution in [0.5, 0.6) is 0 Å². The molecule has 21 heavy (non-hydrogen) atoms. The number of carbonyl (C=O) groups is 1. The van der Waals surface area contributed by atoms with Crippen LogP contribution in [0.2, 0.25) is 0 Å². The van der Waals surface area contributed by atoms with Crippen molar-refractivity contribution in [3.05, 3.63) is 35.4 Å². The van der Waals surface area contributed by atoms with E-state index in [1.54, 1.807) is 0 Å². The van der Waals surface area contributed by atoms with Crippen molar-refractivity contribution in [2.75, 3.05) is 6.61 Å². The van der Waals surface area contributed by atoms with E-state index in [0.29, 0.717) is 12.2 Å². The Hall–Kier alpha value is -1.86. The maximum Gasteiger partial charge on any atom is 0.251 e. The summed E-state index contributed by atoms with van der Waals surface area (Å²) in [7, 11) is 0. The quantitative estimate of drug-likeness (QED) is 0.927. The van der Waals surface area contributed by atoms with E-state index in [9.17, 15) is 10.1 Å². The molecule has 1 aromatic carbocycles. The first-order valence-electron chi connectivity index (χ1n) is 7.41. The van der Waals surface area contributed by atoms with Gasteiger partial charge in [0.05, 0.1) is 29.7 Å². The summed E-state index contributed by atoms with van der Waals surface area (Å²) in [5, 5.41) is 12.2. The maximum atomic E-state index is 12.2. The molecular weight excluding hydrogens is 264 g/mol. The summed E-state index contributed by atoms with van der Waals surface area (Å²) in [6.07, 6.45) is 2.67. The van der Waals surface area contributed by atoms with Gasteiger partial charge in [-0.3, -0.25) is 4.79 Å². The van der Waals surface area contributed by atoms with Crippen LogP contribution in [-0.4, -0.2) is 24.2 Å². The third-order valence-corrected chi connectivity index (χ3v) is 4.41. The van der Waals surface area contributed by atoms with Crippen LogP contribution in [0.1, 0.15) is 49.0 Å². The lowest BCUT2D eigenvalue weighted by Crippen LogP contribution is -2.35. The molecule has 0 radical (unpaired) electrons. The highest BCUT2D eigenvalue weighted by molar-refractivity contribution is 5.94. The number of nitrogens with one attached hydrogen (secondary N) is 1. The highest BCUT2D eigenvalue weighted by Crippen LogP contribution is 2.47. The number of hydrogen-bond acceptors (Lipinski definition) is 3. The Morgan fingerprint density at radius 2 is 2.00 bits per heavy atom. The largest absolute Gasteiger partial charge is 0.373 e. The van der Waals surface area contributed by atoms with Gasteiger partial charge >= 0.3 is 0 Å². The molecule has 1 heterocycles. The van der Waals surface area contributed by atoms with Gasteiger partial charge in [-0.15, -0.1) is 0 Å². The Labute approximate surface area is 125 Å². The van der Waals surface area contributed by atoms with Gasteiger partial charge in [0.15, 0.2) is 0 Å². The van der Waals surface area contributed by atoms with Gasteiger partial charge in [-0.05, 0) is 50.8 Å². The SMILES string of the molecule is CC1(C)CC(NC(=O)c2ccc(C3(C#N)CC3)cc2)CO1. The van der Waals surface area contributed by atoms with E-state index in [1.807, 2.05) is 38.1 Å². The fraction of sp³-hybridized carbons (Fsp3) is 0.529. The zero-order valence-electron chi connectivity index (χ0n) is 12.5. The Morgan fingerprint density at radius 3 is 2.48 bits per heavy atom. The van der Waals surface area contributed by atoms with Crippen molar-refractivity contribution in [3.63, 3.8) is 0 Å². The Kier molecular flexibility index (Phi) is 3.26. The minimum Gasteiger partial charge on any atom is -0.373 e. The van der Waals surface area contributed by atoms with Crippen LogP contribution < -0.4 is 5.32 Å². The van der Waals surface area contributed by atoms with Gasteiger partial charge in [0, 0.05) is 5.56 Å². The Morgan fingerprint density at radius 1 is 1.33 bits per heavy atom. The summed E-state index contributed by atoms with van der Waals surface area (Å²) in [4.78, 5) is 12.2. The Bertz CT molecular complexity index is 594. The first-order chi connectivity index (χ1) is 9.94. The second-order valence-electron chi connectivity index (χ2n) is 6.72. The van der Waals surface area contributed by atoms with Crippen LogP contribution in [0.3, 0.4) is 0 Å². The van der Waals surface area contributed by atoms with Crippen molar-refractivity contribution in [1.82, 2.24) is 5.32 Å². The number of nitrogens with zero attached hydrogens (tertiary/aromatic N) is 1. The molecule has 1 unspecified atom stereocenters. The number of rotatable bonds is 3. The van der Waals surface area contributed by atoms with Crippen LogP contribution in [-0.2, 0) is 10.2 Å². The van der Waals surface area contributed by atoms with Gasteiger partial charge in [0.1, 0.15) is 0 Å². The highest BCUT2D eigenvalue weighted by atomic mass is 16.5. The van der Waals surface area contributed by atoms with Gasteiger partial charge in [0.2, 0.25) is 0 Å². The molecule has 110 valence electrons. The van der Waals surface area contributed by atoms with Crippen LogP contribution in [0, 0.1) is 11.3 Å². The highest BCUT2D eigenvalue weighted by Gasteiger charge is 2.44. The number of ether oxygens (including phenoxy) is 1. The van der Waals surface area contributed by atoms with Gasteiger partial charge in [-0.1, -0.05) is 12.1 Å². The van der Waals surface area contributed by atoms with Crippen molar-refractivity contribution in [1.29, 1.82) is 5.26 Å². The van der Waals surface area contributed by atoms with E-state index in [1.165, 1.54) is 0 Å². The topological polar surface area (TPSA) is 62.1 Å². The molecule has 1 aromatic rings. The smallest absolute Gasteiger partial charge is 0.251 e. The second kappa shape index (κ2) is 4.85. The van der Waals surface area contributed by atoms with E-state index in [0.717, 1.165) is 24.8 Å². The fourth-order valence-corrected chi connectivity index (χ4v) is 2.93. The third kappa shape index (κ3) is 2.79. The lowest BCUT2D eigenvalue weighted by atomic mass is 9.96. The van der Waals surface area contributed by atoms with Crippen LogP contribution in [0.15, 0.2) is 24.3 Å². The van der Waals surface area contributed by atoms with Gasteiger partial charge < -0.3 is 10.1 Å². The second-order valence-corrected chi connectivity index (χ2v) is 6.72. The van der Waals surface area contributed by atoms with Crippen molar-refractivity contribution in [2.24, 2.45) is 0 Å². The lowest BCUT2D eigenvalue weighted by molar-refractivity contribution is 0.0355. The molecule has 0 bridgehead atoms. The van der Waals surface area contributed by atoms with Gasteiger partial charge in [-0.25, -0.2) is 0 Å². The fourth-order valence-electron chi connectivity index (χ4n) is 2.93. The van der Waals surface area contributed by atoms with Crippen molar-refractivity contribution < 1.29 is 9.53 Å². The summed E-state index contributed by atoms with van der Waals surface area (Å²) in [5.74, 6) is -0.0744. The maximum absolute atomic E-state index is 12.2. The summed E-state index contributed by atoms with van der Waals surface area (Å²) in [6.45, 7) is 4.63. The zero-order valence-corrected chi connectivity index (χ0v) is 12.5. The van der Waals surface area contributed by atoms with E-state index in [-0.39, 0.29) is 23.0 Å². The van der Waals surface area contributed by atoms with E-state index >= 15 is 0 Å². The normalized spacial score (nSPS) is 25.1. The molecule has 1 saturated heterocycles. The standard InChI is InChI=1S/C17H20N2O2/c1-16(2)9-14(10-21-16)19-15(20)12-3-5-13(6-4-12)17(11-18)7-8-17/h3-6,14H,7-10H2,1-2H3,(H,19,20). The first kappa shape index (κ1) is 14.1. The van der Waals surface area contributed by atoms with Crippen molar-refractivity contribution in [3.8, 4) is 6.07 Å². The minimum atomic E-state index is -0.293. The number of benzene rings is 1. The molecule has 1 atom stereocenters. The first-order valence-corrected chi connectivity index (χ1v) is 7.41. The molecule has 4 nitrogen and oxygen atoms in total. The van der Waals surface area contributed by atoms with Crippen LogP contribution in [0.25, 0.3) is 0 Å². The minimum absolute atomic E-state index is 0.0704. The monoisotopic (exact) mass is 284 g/mol. The molecule has 3 rings (SSSR count). The molecule has 1 N–H and O–H groups in total. The van der Waals surface area contributed by atoms with Gasteiger partial charge in [0.25, 0.3) is 5.91 Å². The molecular formula is C17H20N2O2. The summed E-state index contributed by atoms with van der Waals surface area (Å²) in [6, 6.07) is 9.86. The van der Waals surface area contributed by atoms with Crippen LogP contribution >= 0.6 is 0 Å². The Balaban J connectivity index is 1.65. The number of amides is 1. The summed E-state index contributed by atoms with van der Waals surface area (Å²) in [5.41, 5.74) is 1.20. The predicted octanol–water partition coefficient (Wildman–Crippen LogP) is 2.54. The molecule has 1 aliphatic carbocycles. The lowest BCUT2D eigenvalue weighted by Gasteiger charge is -2.16. The number of hydrogen-bond donors (Lipinski definition) is 1. The van der Waals surface area contributed by atoms with E-state index < -0.39 is 0 Å². The summed E-state index contributed by atoms with van der Waals surface area (Å²) < 4.78 is 5.63. The zero-order chi connectivity index (χ0) is 15.1. The molecule has 1 aliphatic heterocycles. The molecule has 2 fully saturated rings. The van der Waals surface area contributed by atoms with Crippen LogP contribution in [0.4, 0.5) is 0 Å². The molecule has 4 heteroatoms. The average molecular weight is 284 g/mol. The van der Waals surface area contributed by atoms with E-state index in [2.05, 4.69) is 11.4 Å². The van der Waals surface area contributed by atoms with E-state index in [4.69, 9.17) is 4.74 Å².